The molecule has 0 nitrogen and oxygen atoms in total. The number of fused-ring (bicyclic) bond motifs is 2. The van der Waals surface area contributed by atoms with Crippen LogP contribution in [0.2, 0.25) is 0 Å². The zero-order valence-corrected chi connectivity index (χ0v) is 18.8. The smallest absolute Gasteiger partial charge is 0.0178 e. The molecule has 4 rings (SSSR count). The molecular formula is C21H23BrS3. The number of hydrogen-bond acceptors (Lipinski definition) is 3. The van der Waals surface area contributed by atoms with Gasteiger partial charge in [0, 0.05) is 9.37 Å². The average molecular weight is 452 g/mol. The molecule has 2 aromatic carbocycles. The van der Waals surface area contributed by atoms with Crippen molar-refractivity contribution < 1.29 is 0 Å². The van der Waals surface area contributed by atoms with Crippen molar-refractivity contribution in [1.29, 1.82) is 0 Å². The highest BCUT2D eigenvalue weighted by molar-refractivity contribution is 9.10. The van der Waals surface area contributed by atoms with Crippen molar-refractivity contribution in [3.8, 4) is 0 Å². The predicted molar refractivity (Wildman–Crippen MR) is 125 cm³/mol. The Bertz CT molecular complexity index is 749. The first-order valence-electron chi connectivity index (χ1n) is 8.03. The van der Waals surface area contributed by atoms with Crippen molar-refractivity contribution >= 4 is 61.4 Å². The van der Waals surface area contributed by atoms with Crippen molar-refractivity contribution in [2.24, 2.45) is 0 Å². The van der Waals surface area contributed by atoms with Crippen LogP contribution in [0.15, 0.2) is 57.9 Å². The minimum atomic E-state index is 1.09. The van der Waals surface area contributed by atoms with Crippen LogP contribution in [-0.4, -0.2) is 18.8 Å². The summed E-state index contributed by atoms with van der Waals surface area (Å²) in [6.07, 6.45) is 17.2. The lowest BCUT2D eigenvalue weighted by molar-refractivity contribution is 1.26. The number of benzene rings is 2. The van der Waals surface area contributed by atoms with E-state index in [1.165, 1.54) is 31.6 Å². The van der Waals surface area contributed by atoms with Crippen LogP contribution >= 0.6 is 49.3 Å². The van der Waals surface area contributed by atoms with Gasteiger partial charge in [0.05, 0.1) is 0 Å². The summed E-state index contributed by atoms with van der Waals surface area (Å²) in [5, 5.41) is 0. The quantitative estimate of drug-likeness (QED) is 0.340. The van der Waals surface area contributed by atoms with E-state index in [0.29, 0.717) is 0 Å². The van der Waals surface area contributed by atoms with Crippen molar-refractivity contribution in [1.82, 2.24) is 0 Å². The minimum Gasteiger partial charge on any atom is -0.130 e. The summed E-state index contributed by atoms with van der Waals surface area (Å²) in [5.41, 5.74) is 5.65. The van der Waals surface area contributed by atoms with Gasteiger partial charge < -0.3 is 0 Å². The monoisotopic (exact) mass is 450 g/mol. The third kappa shape index (κ3) is 6.59. The third-order valence-electron chi connectivity index (χ3n) is 3.89. The first-order valence-corrected chi connectivity index (χ1v) is 13.0. The fourth-order valence-corrected chi connectivity index (χ4v) is 3.46. The second kappa shape index (κ2) is 11.2. The maximum atomic E-state index is 3.44. The summed E-state index contributed by atoms with van der Waals surface area (Å²) in [6, 6.07) is 13.1. The molecule has 132 valence electrons. The fraction of sp³-hybridized carbons (Fsp3) is 0.238. The van der Waals surface area contributed by atoms with Crippen LogP contribution in [0.25, 0.3) is 12.2 Å². The molecule has 0 fully saturated rings. The molecule has 25 heavy (non-hydrogen) atoms. The van der Waals surface area contributed by atoms with E-state index >= 15 is 0 Å². The standard InChI is InChI=1S/C10H10S.C9H7Br.C2H6S2/c1-11-10-6-5-8-3-2-4-9(8)7-10;10-9-5-4-7-2-1-3-8(7)6-9;1-3-4-2/h2-3,5-7H,4H2,1H3;1-2,4-6H,3H2;1-2H3. The summed E-state index contributed by atoms with van der Waals surface area (Å²) in [7, 11) is 3.55. The lowest BCUT2D eigenvalue weighted by Crippen LogP contribution is -1.81. The molecule has 0 spiro atoms. The molecule has 0 aliphatic heterocycles. The third-order valence-corrected chi connectivity index (χ3v) is 6.44. The van der Waals surface area contributed by atoms with E-state index < -0.39 is 0 Å². The Labute approximate surface area is 172 Å². The molecule has 2 aromatic rings. The van der Waals surface area contributed by atoms with E-state index in [1.807, 2.05) is 11.8 Å². The summed E-state index contributed by atoms with van der Waals surface area (Å²) in [5.74, 6) is 0. The number of thioether (sulfide) groups is 1. The van der Waals surface area contributed by atoms with E-state index in [9.17, 15) is 0 Å². The van der Waals surface area contributed by atoms with Crippen molar-refractivity contribution in [2.75, 3.05) is 18.8 Å². The highest BCUT2D eigenvalue weighted by Crippen LogP contribution is 2.24. The van der Waals surface area contributed by atoms with Gasteiger partial charge in [-0.3, -0.25) is 0 Å². The zero-order chi connectivity index (χ0) is 18.1. The topological polar surface area (TPSA) is 0 Å². The summed E-state index contributed by atoms with van der Waals surface area (Å²) < 4.78 is 1.18. The molecule has 2 aliphatic rings. The molecular weight excluding hydrogens is 428 g/mol. The Morgan fingerprint density at radius 2 is 1.32 bits per heavy atom. The first-order chi connectivity index (χ1) is 12.2. The predicted octanol–water partition coefficient (Wildman–Crippen LogP) is 7.62. The SMILES string of the molecule is Brc1ccc2c(c1)CC=C2.CSSC.CSc1ccc2c(c1)CC=C2. The van der Waals surface area contributed by atoms with Gasteiger partial charge in [0.2, 0.25) is 0 Å². The van der Waals surface area contributed by atoms with Gasteiger partial charge in [-0.2, -0.15) is 0 Å². The van der Waals surface area contributed by atoms with Crippen molar-refractivity contribution in [2.45, 2.75) is 17.7 Å². The van der Waals surface area contributed by atoms with E-state index in [-0.39, 0.29) is 0 Å². The molecule has 0 radical (unpaired) electrons. The molecule has 0 bridgehead atoms. The minimum absolute atomic E-state index is 1.09. The number of rotatable bonds is 2. The van der Waals surface area contributed by atoms with Crippen molar-refractivity contribution in [3.63, 3.8) is 0 Å². The first kappa shape index (κ1) is 20.8. The molecule has 0 N–H and O–H groups in total. The van der Waals surface area contributed by atoms with Gasteiger partial charge in [0.25, 0.3) is 0 Å². The largest absolute Gasteiger partial charge is 0.130 e. The second-order valence-corrected chi connectivity index (χ2v) is 9.92. The molecule has 0 amide bonds. The number of hydrogen-bond donors (Lipinski definition) is 0. The van der Waals surface area contributed by atoms with Gasteiger partial charge in [0.15, 0.2) is 0 Å². The van der Waals surface area contributed by atoms with Crippen LogP contribution in [-0.2, 0) is 12.8 Å². The van der Waals surface area contributed by atoms with Crippen LogP contribution in [0.5, 0.6) is 0 Å². The molecule has 0 atom stereocenters. The maximum Gasteiger partial charge on any atom is 0.0178 e. The van der Waals surface area contributed by atoms with Gasteiger partial charge >= 0.3 is 0 Å². The van der Waals surface area contributed by atoms with Crippen LogP contribution in [0.3, 0.4) is 0 Å². The average Bonchev–Trinajstić information content (AvgIpc) is 3.30. The number of allylic oxidation sites excluding steroid dienone is 2. The van der Waals surface area contributed by atoms with E-state index in [0.717, 1.165) is 12.8 Å². The molecule has 0 saturated carbocycles. The summed E-state index contributed by atoms with van der Waals surface area (Å²) in [4.78, 5) is 1.37. The summed E-state index contributed by atoms with van der Waals surface area (Å²) >= 11 is 5.24. The maximum absolute atomic E-state index is 3.44. The van der Waals surface area contributed by atoms with Crippen LogP contribution < -0.4 is 0 Å². The molecule has 0 saturated heterocycles. The highest BCUT2D eigenvalue weighted by atomic mass is 79.9. The zero-order valence-electron chi connectivity index (χ0n) is 14.8. The van der Waals surface area contributed by atoms with Crippen molar-refractivity contribution in [3.05, 3.63) is 75.3 Å². The Morgan fingerprint density at radius 3 is 1.88 bits per heavy atom. The Morgan fingerprint density at radius 1 is 0.760 bits per heavy atom. The van der Waals surface area contributed by atoms with Gasteiger partial charge in [-0.05, 0) is 78.1 Å². The van der Waals surface area contributed by atoms with Gasteiger partial charge in [0.1, 0.15) is 0 Å². The normalized spacial score (nSPS) is 12.6. The van der Waals surface area contributed by atoms with Gasteiger partial charge in [-0.1, -0.05) is 74.0 Å². The second-order valence-electron chi connectivity index (χ2n) is 5.45. The Hall–Kier alpha value is -0.550. The fourth-order valence-electron chi connectivity index (χ4n) is 2.59. The highest BCUT2D eigenvalue weighted by Gasteiger charge is 2.04. The molecule has 0 heterocycles. The Kier molecular flexibility index (Phi) is 9.32. The van der Waals surface area contributed by atoms with E-state index in [2.05, 4.69) is 95.4 Å². The van der Waals surface area contributed by atoms with Crippen LogP contribution in [0, 0.1) is 0 Å². The molecule has 4 heteroatoms. The van der Waals surface area contributed by atoms with Gasteiger partial charge in [-0.25, -0.2) is 0 Å². The van der Waals surface area contributed by atoms with Crippen LogP contribution in [0.4, 0.5) is 0 Å². The molecule has 0 aromatic heterocycles. The van der Waals surface area contributed by atoms with E-state index in [4.69, 9.17) is 0 Å². The lowest BCUT2D eigenvalue weighted by Gasteiger charge is -2.00. The lowest BCUT2D eigenvalue weighted by atomic mass is 10.1. The van der Waals surface area contributed by atoms with E-state index in [1.54, 1.807) is 21.6 Å². The number of halogens is 1. The molecule has 2 aliphatic carbocycles. The Balaban J connectivity index is 0.000000150. The van der Waals surface area contributed by atoms with Gasteiger partial charge in [-0.15, -0.1) is 11.8 Å². The van der Waals surface area contributed by atoms with Crippen LogP contribution in [0.1, 0.15) is 22.3 Å². The molecule has 0 unspecified atom stereocenters. The summed E-state index contributed by atoms with van der Waals surface area (Å²) in [6.45, 7) is 0.